The van der Waals surface area contributed by atoms with Crippen molar-refractivity contribution < 1.29 is 17.9 Å². The predicted molar refractivity (Wildman–Crippen MR) is 48.6 cm³/mol. The topological polar surface area (TPSA) is 73.3 Å². The van der Waals surface area contributed by atoms with E-state index >= 15 is 0 Å². The third-order valence-electron chi connectivity index (χ3n) is 1.42. The summed E-state index contributed by atoms with van der Waals surface area (Å²) in [6.45, 7) is 0. The van der Waals surface area contributed by atoms with Crippen LogP contribution in [-0.4, -0.2) is 26.5 Å². The van der Waals surface area contributed by atoms with Gasteiger partial charge in [0, 0.05) is 23.1 Å². The van der Waals surface area contributed by atoms with Crippen LogP contribution >= 0.6 is 10.7 Å². The van der Waals surface area contributed by atoms with Gasteiger partial charge in [-0.3, -0.25) is 4.98 Å². The van der Waals surface area contributed by atoms with E-state index < -0.39 is 15.0 Å². The molecule has 0 atom stereocenters. The first-order valence-corrected chi connectivity index (χ1v) is 5.74. The highest BCUT2D eigenvalue weighted by Crippen LogP contribution is 2.14. The third kappa shape index (κ3) is 2.43. The van der Waals surface area contributed by atoms with Crippen LogP contribution in [0.4, 0.5) is 0 Å². The number of aromatic nitrogens is 1. The highest BCUT2D eigenvalue weighted by Gasteiger charge is 2.14. The van der Waals surface area contributed by atoms with Gasteiger partial charge in [0.05, 0.1) is 12.7 Å². The predicted octanol–water partition coefficient (Wildman–Crippen LogP) is 0.796. The van der Waals surface area contributed by atoms with Gasteiger partial charge in [0.2, 0.25) is 0 Å². The van der Waals surface area contributed by atoms with Crippen molar-refractivity contribution in [2.45, 2.75) is 4.90 Å². The average molecular weight is 236 g/mol. The van der Waals surface area contributed by atoms with Crippen molar-refractivity contribution in [1.82, 2.24) is 4.98 Å². The maximum absolute atomic E-state index is 11.0. The smallest absolute Gasteiger partial charge is 0.339 e. The van der Waals surface area contributed by atoms with Crippen molar-refractivity contribution in [2.75, 3.05) is 7.11 Å². The van der Waals surface area contributed by atoms with Crippen LogP contribution in [0, 0.1) is 0 Å². The van der Waals surface area contributed by atoms with Crippen LogP contribution in [0.15, 0.2) is 23.4 Å². The molecule has 5 nitrogen and oxygen atoms in total. The zero-order chi connectivity index (χ0) is 10.8. The molecule has 0 N–H and O–H groups in total. The minimum absolute atomic E-state index is 0.0363. The summed E-state index contributed by atoms with van der Waals surface area (Å²) < 4.78 is 26.1. The minimum atomic E-state index is -3.87. The van der Waals surface area contributed by atoms with Crippen LogP contribution in [0.5, 0.6) is 0 Å². The van der Waals surface area contributed by atoms with Crippen molar-refractivity contribution in [1.29, 1.82) is 0 Å². The molecular weight excluding hydrogens is 230 g/mol. The lowest BCUT2D eigenvalue weighted by molar-refractivity contribution is 0.0600. The number of rotatable bonds is 2. The number of nitrogens with zero attached hydrogens (tertiary/aromatic N) is 1. The molecule has 0 bridgehead atoms. The number of hydrogen-bond acceptors (Lipinski definition) is 5. The third-order valence-corrected chi connectivity index (χ3v) is 2.74. The standard InChI is InChI=1S/C7H6ClNO4S/c1-13-7(10)5-2-6(4-9-3-5)14(8,11)12/h2-4H,1H3. The minimum Gasteiger partial charge on any atom is -0.465 e. The molecule has 0 spiro atoms. The van der Waals surface area contributed by atoms with Gasteiger partial charge >= 0.3 is 5.97 Å². The van der Waals surface area contributed by atoms with Crippen LogP contribution in [0.3, 0.4) is 0 Å². The average Bonchev–Trinajstić information content (AvgIpc) is 2.15. The molecule has 0 aliphatic rings. The Balaban J connectivity index is 3.21. The molecule has 1 heterocycles. The second-order valence-electron chi connectivity index (χ2n) is 2.34. The van der Waals surface area contributed by atoms with E-state index in [-0.39, 0.29) is 10.5 Å². The highest BCUT2D eigenvalue weighted by atomic mass is 35.7. The van der Waals surface area contributed by atoms with Gasteiger partial charge in [0.25, 0.3) is 9.05 Å². The van der Waals surface area contributed by atoms with Crippen molar-refractivity contribution in [3.05, 3.63) is 24.0 Å². The van der Waals surface area contributed by atoms with Crippen molar-refractivity contribution >= 4 is 25.7 Å². The molecule has 0 aromatic carbocycles. The quantitative estimate of drug-likeness (QED) is 0.560. The van der Waals surface area contributed by atoms with Crippen molar-refractivity contribution in [3.8, 4) is 0 Å². The maximum Gasteiger partial charge on any atom is 0.339 e. The van der Waals surface area contributed by atoms with Gasteiger partial charge in [0.15, 0.2) is 0 Å². The van der Waals surface area contributed by atoms with Gasteiger partial charge in [-0.1, -0.05) is 0 Å². The zero-order valence-corrected chi connectivity index (χ0v) is 8.67. The molecule has 1 aromatic heterocycles. The molecule has 0 aliphatic carbocycles. The van der Waals surface area contributed by atoms with Crippen molar-refractivity contribution in [3.63, 3.8) is 0 Å². The van der Waals surface area contributed by atoms with Crippen LogP contribution in [0.2, 0.25) is 0 Å². The lowest BCUT2D eigenvalue weighted by Gasteiger charge is -1.99. The summed E-state index contributed by atoms with van der Waals surface area (Å²) in [7, 11) is 2.38. The van der Waals surface area contributed by atoms with E-state index in [1.54, 1.807) is 0 Å². The lowest BCUT2D eigenvalue weighted by atomic mass is 10.3. The van der Waals surface area contributed by atoms with E-state index in [9.17, 15) is 13.2 Å². The fourth-order valence-electron chi connectivity index (χ4n) is 0.782. The Kier molecular flexibility index (Phi) is 3.07. The molecule has 0 saturated carbocycles. The monoisotopic (exact) mass is 235 g/mol. The number of carbonyl (C=O) groups excluding carboxylic acids is 1. The van der Waals surface area contributed by atoms with E-state index in [2.05, 4.69) is 9.72 Å². The van der Waals surface area contributed by atoms with Crippen molar-refractivity contribution in [2.24, 2.45) is 0 Å². The summed E-state index contributed by atoms with van der Waals surface area (Å²) in [6.07, 6.45) is 2.24. The fraction of sp³-hybridized carbons (Fsp3) is 0.143. The zero-order valence-electron chi connectivity index (χ0n) is 7.10. The summed E-state index contributed by atoms with van der Waals surface area (Å²) >= 11 is 0. The Hall–Kier alpha value is -1.14. The molecule has 1 rings (SSSR count). The molecule has 0 amide bonds. The van der Waals surface area contributed by atoms with E-state index in [1.165, 1.54) is 13.3 Å². The summed E-state index contributed by atoms with van der Waals surface area (Å²) in [6, 6.07) is 1.10. The number of pyridine rings is 1. The summed E-state index contributed by atoms with van der Waals surface area (Å²) in [4.78, 5) is 14.3. The SMILES string of the molecule is COC(=O)c1cncc(S(=O)(=O)Cl)c1. The maximum atomic E-state index is 11.0. The van der Waals surface area contributed by atoms with Gasteiger partial charge in [0.1, 0.15) is 4.90 Å². The van der Waals surface area contributed by atoms with Gasteiger partial charge in [-0.05, 0) is 6.07 Å². The second kappa shape index (κ2) is 3.93. The van der Waals surface area contributed by atoms with Gasteiger partial charge < -0.3 is 4.74 Å². The first kappa shape index (κ1) is 10.9. The summed E-state index contributed by atoms with van der Waals surface area (Å²) in [5.74, 6) is -0.667. The number of methoxy groups -OCH3 is 1. The molecule has 0 aliphatic heterocycles. The van der Waals surface area contributed by atoms with E-state index in [1.807, 2.05) is 0 Å². The van der Waals surface area contributed by atoms with Crippen LogP contribution in [0.25, 0.3) is 0 Å². The molecule has 1 aromatic rings. The second-order valence-corrected chi connectivity index (χ2v) is 4.90. The molecule has 7 heteroatoms. The van der Waals surface area contributed by atoms with Gasteiger partial charge in [-0.15, -0.1) is 0 Å². The largest absolute Gasteiger partial charge is 0.465 e. The van der Waals surface area contributed by atoms with Crippen LogP contribution in [0.1, 0.15) is 10.4 Å². The normalized spacial score (nSPS) is 11.0. The number of esters is 1. The first-order chi connectivity index (χ1) is 6.45. The molecule has 0 unspecified atom stereocenters. The first-order valence-electron chi connectivity index (χ1n) is 3.43. The van der Waals surface area contributed by atoms with Crippen LogP contribution in [-0.2, 0) is 13.8 Å². The highest BCUT2D eigenvalue weighted by molar-refractivity contribution is 8.13. The van der Waals surface area contributed by atoms with E-state index in [0.717, 1.165) is 12.3 Å². The van der Waals surface area contributed by atoms with E-state index in [4.69, 9.17) is 10.7 Å². The molecular formula is C7H6ClNO4S. The fourth-order valence-corrected chi connectivity index (χ4v) is 1.49. The molecule has 0 fully saturated rings. The lowest BCUT2D eigenvalue weighted by Crippen LogP contribution is -2.03. The molecule has 0 radical (unpaired) electrons. The van der Waals surface area contributed by atoms with E-state index in [0.29, 0.717) is 0 Å². The Morgan fingerprint density at radius 3 is 2.64 bits per heavy atom. The molecule has 14 heavy (non-hydrogen) atoms. The Morgan fingerprint density at radius 2 is 2.14 bits per heavy atom. The number of hydrogen-bond donors (Lipinski definition) is 0. The van der Waals surface area contributed by atoms with Gasteiger partial charge in [-0.2, -0.15) is 0 Å². The van der Waals surface area contributed by atoms with Gasteiger partial charge in [-0.25, -0.2) is 13.2 Å². The number of halogens is 1. The Bertz CT molecular complexity index is 457. The Labute approximate surface area is 85.1 Å². The van der Waals surface area contributed by atoms with Crippen LogP contribution < -0.4 is 0 Å². The Morgan fingerprint density at radius 1 is 1.50 bits per heavy atom. The molecule has 76 valence electrons. The number of carbonyl (C=O) groups is 1. The summed E-state index contributed by atoms with van der Waals surface area (Å²) in [5.41, 5.74) is 0.0363. The summed E-state index contributed by atoms with van der Waals surface area (Å²) in [5, 5.41) is 0. The molecule has 0 saturated heterocycles. The number of ether oxygens (including phenoxy) is 1.